The van der Waals surface area contributed by atoms with Gasteiger partial charge in [-0.3, -0.25) is 9.59 Å². The van der Waals surface area contributed by atoms with Crippen molar-refractivity contribution in [3.8, 4) is 0 Å². The van der Waals surface area contributed by atoms with Crippen molar-refractivity contribution in [1.82, 2.24) is 5.32 Å². The molecule has 0 spiro atoms. The Balaban J connectivity index is 1.94. The van der Waals surface area contributed by atoms with E-state index in [4.69, 9.17) is 0 Å². The number of carboxylic acids is 1. The zero-order valence-corrected chi connectivity index (χ0v) is 13.0. The molecule has 2 rings (SSSR count). The summed E-state index contributed by atoms with van der Waals surface area (Å²) in [7, 11) is 0. The molecule has 2 aromatic rings. The molecule has 114 valence electrons. The number of aliphatic carboxylic acids is 1. The minimum Gasteiger partial charge on any atom is -0.548 e. The predicted octanol–water partition coefficient (Wildman–Crippen LogP) is 1.17. The van der Waals surface area contributed by atoms with E-state index < -0.39 is 17.9 Å². The van der Waals surface area contributed by atoms with Gasteiger partial charge in [-0.15, -0.1) is 11.3 Å². The molecule has 7 heteroatoms. The van der Waals surface area contributed by atoms with Gasteiger partial charge in [-0.2, -0.15) is 0 Å². The standard InChI is InChI=1S/C15H13NO4S2/c17-13(10-5-2-1-3-6-10)16-11(14(18)19)9-22-15(20)12-7-4-8-21-12/h1-8,11H,9H2,(H,16,17)(H,18,19)/p-1. The normalized spacial score (nSPS) is 11.6. The summed E-state index contributed by atoms with van der Waals surface area (Å²) >= 11 is 2.12. The zero-order valence-electron chi connectivity index (χ0n) is 11.4. The second-order valence-electron chi connectivity index (χ2n) is 4.29. The molecule has 1 heterocycles. The van der Waals surface area contributed by atoms with E-state index >= 15 is 0 Å². The second kappa shape index (κ2) is 7.77. The Morgan fingerprint density at radius 3 is 2.45 bits per heavy atom. The Kier molecular flexibility index (Phi) is 5.74. The highest BCUT2D eigenvalue weighted by molar-refractivity contribution is 8.14. The molecular weight excluding hydrogens is 322 g/mol. The molecule has 0 radical (unpaired) electrons. The average Bonchev–Trinajstić information content (AvgIpc) is 3.06. The van der Waals surface area contributed by atoms with Gasteiger partial charge in [-0.1, -0.05) is 36.0 Å². The first-order valence-corrected chi connectivity index (χ1v) is 8.22. The minimum absolute atomic E-state index is 0.0857. The number of nitrogens with one attached hydrogen (secondary N) is 1. The van der Waals surface area contributed by atoms with Gasteiger partial charge in [0.25, 0.3) is 5.91 Å². The Bertz CT molecular complexity index is 655. The lowest BCUT2D eigenvalue weighted by atomic mass is 10.2. The number of thiophene rings is 1. The molecule has 0 aliphatic carbocycles. The number of hydrogen-bond donors (Lipinski definition) is 1. The maximum Gasteiger partial charge on any atom is 0.251 e. The Morgan fingerprint density at radius 1 is 1.14 bits per heavy atom. The summed E-state index contributed by atoms with van der Waals surface area (Å²) in [4.78, 5) is 35.4. The number of benzene rings is 1. The van der Waals surface area contributed by atoms with Crippen molar-refractivity contribution in [2.45, 2.75) is 6.04 Å². The minimum atomic E-state index is -1.42. The molecule has 0 aliphatic rings. The van der Waals surface area contributed by atoms with Crippen molar-refractivity contribution in [2.75, 3.05) is 5.75 Å². The number of carboxylic acid groups (broad SMARTS) is 1. The van der Waals surface area contributed by atoms with Gasteiger partial charge < -0.3 is 15.2 Å². The molecular formula is C15H12NO4S2-. The summed E-state index contributed by atoms with van der Waals surface area (Å²) in [5, 5.41) is 15.0. The van der Waals surface area contributed by atoms with Crippen LogP contribution in [0.3, 0.4) is 0 Å². The zero-order chi connectivity index (χ0) is 15.9. The fourth-order valence-electron chi connectivity index (χ4n) is 1.62. The molecule has 1 atom stereocenters. The maximum atomic E-state index is 11.9. The molecule has 1 aromatic carbocycles. The van der Waals surface area contributed by atoms with Crippen LogP contribution in [0, 0.1) is 0 Å². The van der Waals surface area contributed by atoms with E-state index in [-0.39, 0.29) is 10.9 Å². The molecule has 1 aromatic heterocycles. The van der Waals surface area contributed by atoms with Crippen LogP contribution in [0.4, 0.5) is 0 Å². The van der Waals surface area contributed by atoms with Crippen LogP contribution in [-0.4, -0.2) is 28.8 Å². The highest BCUT2D eigenvalue weighted by atomic mass is 32.2. The molecule has 1 N–H and O–H groups in total. The molecule has 1 unspecified atom stereocenters. The van der Waals surface area contributed by atoms with Crippen molar-refractivity contribution < 1.29 is 19.5 Å². The number of carbonyl (C=O) groups is 3. The fraction of sp³-hybridized carbons (Fsp3) is 0.133. The molecule has 0 bridgehead atoms. The van der Waals surface area contributed by atoms with E-state index in [0.717, 1.165) is 11.8 Å². The lowest BCUT2D eigenvalue weighted by Gasteiger charge is -2.18. The van der Waals surface area contributed by atoms with Crippen LogP contribution in [0.1, 0.15) is 20.0 Å². The third-order valence-electron chi connectivity index (χ3n) is 2.73. The Labute approximate surface area is 135 Å². The molecule has 0 aliphatic heterocycles. The van der Waals surface area contributed by atoms with Crippen LogP contribution in [-0.2, 0) is 4.79 Å². The first-order valence-electron chi connectivity index (χ1n) is 6.35. The highest BCUT2D eigenvalue weighted by Crippen LogP contribution is 2.18. The van der Waals surface area contributed by atoms with Gasteiger partial charge in [0, 0.05) is 11.3 Å². The van der Waals surface area contributed by atoms with Crippen LogP contribution in [0.25, 0.3) is 0 Å². The summed E-state index contributed by atoms with van der Waals surface area (Å²) in [6.45, 7) is 0. The quantitative estimate of drug-likeness (QED) is 0.857. The third-order valence-corrected chi connectivity index (χ3v) is 4.71. The van der Waals surface area contributed by atoms with Crippen LogP contribution < -0.4 is 10.4 Å². The summed E-state index contributed by atoms with van der Waals surface area (Å²) in [6, 6.07) is 10.4. The maximum absolute atomic E-state index is 11.9. The number of hydrogen-bond acceptors (Lipinski definition) is 6. The Hall–Kier alpha value is -2.12. The van der Waals surface area contributed by atoms with Crippen molar-refractivity contribution in [3.63, 3.8) is 0 Å². The van der Waals surface area contributed by atoms with Crippen LogP contribution in [0.5, 0.6) is 0 Å². The van der Waals surface area contributed by atoms with E-state index in [2.05, 4.69) is 5.32 Å². The third kappa shape index (κ3) is 4.44. The van der Waals surface area contributed by atoms with Gasteiger partial charge in [-0.25, -0.2) is 0 Å². The largest absolute Gasteiger partial charge is 0.548 e. The lowest BCUT2D eigenvalue weighted by molar-refractivity contribution is -0.307. The molecule has 22 heavy (non-hydrogen) atoms. The van der Waals surface area contributed by atoms with E-state index in [1.807, 2.05) is 0 Å². The predicted molar refractivity (Wildman–Crippen MR) is 83.8 cm³/mol. The number of carbonyl (C=O) groups excluding carboxylic acids is 3. The van der Waals surface area contributed by atoms with Crippen molar-refractivity contribution in [3.05, 3.63) is 58.3 Å². The number of rotatable bonds is 6. The van der Waals surface area contributed by atoms with Gasteiger partial charge in [0.2, 0.25) is 5.12 Å². The van der Waals surface area contributed by atoms with E-state index in [1.165, 1.54) is 11.3 Å². The van der Waals surface area contributed by atoms with Crippen molar-refractivity contribution in [1.29, 1.82) is 0 Å². The van der Waals surface area contributed by atoms with E-state index in [0.29, 0.717) is 10.4 Å². The van der Waals surface area contributed by atoms with Crippen molar-refractivity contribution >= 4 is 40.1 Å². The summed E-state index contributed by atoms with van der Waals surface area (Å²) in [5.74, 6) is -2.02. The first-order chi connectivity index (χ1) is 10.6. The molecule has 1 amide bonds. The van der Waals surface area contributed by atoms with Crippen LogP contribution >= 0.6 is 23.1 Å². The Morgan fingerprint density at radius 2 is 1.86 bits per heavy atom. The van der Waals surface area contributed by atoms with Crippen LogP contribution in [0.2, 0.25) is 0 Å². The summed E-state index contributed by atoms with van der Waals surface area (Å²) < 4.78 is 0. The summed E-state index contributed by atoms with van der Waals surface area (Å²) in [5.41, 5.74) is 0.350. The van der Waals surface area contributed by atoms with E-state index in [9.17, 15) is 19.5 Å². The molecule has 0 saturated carbocycles. The van der Waals surface area contributed by atoms with Crippen LogP contribution in [0.15, 0.2) is 47.8 Å². The second-order valence-corrected chi connectivity index (χ2v) is 6.23. The smallest absolute Gasteiger partial charge is 0.251 e. The number of thioether (sulfide) groups is 1. The molecule has 5 nitrogen and oxygen atoms in total. The van der Waals surface area contributed by atoms with E-state index in [1.54, 1.807) is 47.8 Å². The van der Waals surface area contributed by atoms with Gasteiger partial charge in [0.15, 0.2) is 0 Å². The lowest BCUT2D eigenvalue weighted by Crippen LogP contribution is -2.49. The highest BCUT2D eigenvalue weighted by Gasteiger charge is 2.17. The topological polar surface area (TPSA) is 86.3 Å². The van der Waals surface area contributed by atoms with Crippen molar-refractivity contribution in [2.24, 2.45) is 0 Å². The van der Waals surface area contributed by atoms with Gasteiger partial charge in [0.1, 0.15) is 0 Å². The molecule has 0 fully saturated rings. The average molecular weight is 334 g/mol. The molecule has 0 saturated heterocycles. The van der Waals surface area contributed by atoms with Gasteiger partial charge in [-0.05, 0) is 23.6 Å². The first kappa shape index (κ1) is 16.3. The fourth-order valence-corrected chi connectivity index (χ4v) is 3.25. The summed E-state index contributed by atoms with van der Waals surface area (Å²) in [6.07, 6.45) is 0. The SMILES string of the molecule is O=C(NC(CSC(=O)c1cccs1)C(=O)[O-])c1ccccc1. The van der Waals surface area contributed by atoms with Gasteiger partial charge >= 0.3 is 0 Å². The van der Waals surface area contributed by atoms with Gasteiger partial charge in [0.05, 0.1) is 16.9 Å². The number of amides is 1. The monoisotopic (exact) mass is 334 g/mol.